The van der Waals surface area contributed by atoms with E-state index >= 15 is 0 Å². The SMILES string of the molecule is CCOC(=O)c1ccc(O)cc1O[C@@H]1O[C@H](CO)[C@@H](O)[C@H](O)[C@H]1O. The second-order valence-corrected chi connectivity index (χ2v) is 5.22. The van der Waals surface area contributed by atoms with Gasteiger partial charge in [0.25, 0.3) is 0 Å². The number of aromatic hydroxyl groups is 1. The fourth-order valence-corrected chi connectivity index (χ4v) is 2.28. The van der Waals surface area contributed by atoms with E-state index in [1.165, 1.54) is 12.1 Å². The maximum atomic E-state index is 11.9. The first kappa shape index (κ1) is 18.4. The molecule has 0 unspecified atom stereocenters. The summed E-state index contributed by atoms with van der Waals surface area (Å²) in [5.74, 6) is -1.06. The lowest BCUT2D eigenvalue weighted by Crippen LogP contribution is -2.60. The van der Waals surface area contributed by atoms with E-state index in [0.717, 1.165) is 6.07 Å². The summed E-state index contributed by atoms with van der Waals surface area (Å²) in [5, 5.41) is 48.2. The van der Waals surface area contributed by atoms with Gasteiger partial charge in [0, 0.05) is 6.07 Å². The minimum absolute atomic E-state index is 0.0217. The Kier molecular flexibility index (Phi) is 5.97. The van der Waals surface area contributed by atoms with Crippen LogP contribution in [0.25, 0.3) is 0 Å². The molecule has 0 aliphatic carbocycles. The second-order valence-electron chi connectivity index (χ2n) is 5.22. The van der Waals surface area contributed by atoms with Crippen LogP contribution in [0.15, 0.2) is 18.2 Å². The first-order chi connectivity index (χ1) is 11.4. The molecule has 1 aromatic carbocycles. The summed E-state index contributed by atoms with van der Waals surface area (Å²) < 4.78 is 15.5. The number of carbonyl (C=O) groups excluding carboxylic acids is 1. The van der Waals surface area contributed by atoms with Gasteiger partial charge in [0.1, 0.15) is 41.5 Å². The Hall–Kier alpha value is -1.91. The zero-order valence-corrected chi connectivity index (χ0v) is 12.9. The largest absolute Gasteiger partial charge is 0.508 e. The van der Waals surface area contributed by atoms with E-state index in [2.05, 4.69) is 0 Å². The number of benzene rings is 1. The molecule has 9 nitrogen and oxygen atoms in total. The van der Waals surface area contributed by atoms with Crippen LogP contribution >= 0.6 is 0 Å². The van der Waals surface area contributed by atoms with Gasteiger partial charge in [-0.05, 0) is 19.1 Å². The van der Waals surface area contributed by atoms with E-state index < -0.39 is 43.3 Å². The zero-order chi connectivity index (χ0) is 17.9. The molecule has 0 bridgehead atoms. The minimum atomic E-state index is -1.64. The Morgan fingerprint density at radius 3 is 2.54 bits per heavy atom. The highest BCUT2D eigenvalue weighted by molar-refractivity contribution is 5.92. The van der Waals surface area contributed by atoms with Crippen molar-refractivity contribution >= 4 is 5.97 Å². The highest BCUT2D eigenvalue weighted by atomic mass is 16.7. The van der Waals surface area contributed by atoms with Crippen molar-refractivity contribution < 1.29 is 44.5 Å². The number of aliphatic hydroxyl groups is 4. The van der Waals surface area contributed by atoms with Crippen molar-refractivity contribution in [1.82, 2.24) is 0 Å². The summed E-state index contributed by atoms with van der Waals surface area (Å²) in [6, 6.07) is 3.65. The molecule has 0 saturated carbocycles. The van der Waals surface area contributed by atoms with E-state index in [1.54, 1.807) is 6.92 Å². The van der Waals surface area contributed by atoms with Gasteiger partial charge in [0.15, 0.2) is 0 Å². The molecule has 5 atom stereocenters. The van der Waals surface area contributed by atoms with E-state index in [4.69, 9.17) is 19.3 Å². The molecule has 1 aliphatic heterocycles. The van der Waals surface area contributed by atoms with Gasteiger partial charge in [-0.1, -0.05) is 0 Å². The summed E-state index contributed by atoms with van der Waals surface area (Å²) in [7, 11) is 0. The maximum absolute atomic E-state index is 11.9. The van der Waals surface area contributed by atoms with E-state index in [1.807, 2.05) is 0 Å². The van der Waals surface area contributed by atoms with Crippen LogP contribution in [0.3, 0.4) is 0 Å². The number of rotatable bonds is 5. The number of phenolic OH excluding ortho intramolecular Hbond substituents is 1. The summed E-state index contributed by atoms with van der Waals surface area (Å²) in [6.07, 6.45) is -7.42. The third-order valence-corrected chi connectivity index (χ3v) is 3.55. The molecule has 1 aromatic rings. The molecule has 9 heteroatoms. The monoisotopic (exact) mass is 344 g/mol. The molecule has 134 valence electrons. The molecule has 0 radical (unpaired) electrons. The number of hydrogen-bond acceptors (Lipinski definition) is 9. The van der Waals surface area contributed by atoms with Crippen molar-refractivity contribution in [3.05, 3.63) is 23.8 Å². The van der Waals surface area contributed by atoms with Crippen LogP contribution in [0.1, 0.15) is 17.3 Å². The van der Waals surface area contributed by atoms with E-state index in [9.17, 15) is 25.2 Å². The molecule has 2 rings (SSSR count). The Morgan fingerprint density at radius 2 is 1.92 bits per heavy atom. The van der Waals surface area contributed by atoms with Gasteiger partial charge in [-0.15, -0.1) is 0 Å². The zero-order valence-electron chi connectivity index (χ0n) is 12.9. The van der Waals surface area contributed by atoms with E-state index in [0.29, 0.717) is 0 Å². The smallest absolute Gasteiger partial charge is 0.341 e. The standard InChI is InChI=1S/C15H20O9/c1-2-22-14(21)8-4-3-7(17)5-9(8)23-15-13(20)12(19)11(18)10(6-16)24-15/h3-5,10-13,15-20H,2,6H2,1H3/t10-,11-,12+,13-,15-/m1/s1. The van der Waals surface area contributed by atoms with Crippen LogP contribution in [-0.2, 0) is 9.47 Å². The number of aliphatic hydroxyl groups excluding tert-OH is 4. The van der Waals surface area contributed by atoms with Crippen molar-refractivity contribution in [1.29, 1.82) is 0 Å². The van der Waals surface area contributed by atoms with Gasteiger partial charge >= 0.3 is 5.97 Å². The van der Waals surface area contributed by atoms with Crippen LogP contribution in [0.4, 0.5) is 0 Å². The van der Waals surface area contributed by atoms with Crippen LogP contribution in [0, 0.1) is 0 Å². The van der Waals surface area contributed by atoms with Crippen LogP contribution in [0.2, 0.25) is 0 Å². The number of carbonyl (C=O) groups is 1. The average molecular weight is 344 g/mol. The maximum Gasteiger partial charge on any atom is 0.341 e. The normalized spacial score (nSPS) is 30.0. The molecule has 0 spiro atoms. The van der Waals surface area contributed by atoms with Crippen LogP contribution in [-0.4, -0.2) is 75.4 Å². The van der Waals surface area contributed by atoms with Crippen molar-refractivity contribution in [3.63, 3.8) is 0 Å². The highest BCUT2D eigenvalue weighted by Gasteiger charge is 2.45. The predicted octanol–water partition coefficient (Wildman–Crippen LogP) is -1.25. The van der Waals surface area contributed by atoms with Gasteiger partial charge in [0.05, 0.1) is 13.2 Å². The first-order valence-electron chi connectivity index (χ1n) is 7.36. The molecule has 1 heterocycles. The number of esters is 1. The van der Waals surface area contributed by atoms with Crippen molar-refractivity contribution in [2.24, 2.45) is 0 Å². The van der Waals surface area contributed by atoms with Gasteiger partial charge in [0.2, 0.25) is 6.29 Å². The fourth-order valence-electron chi connectivity index (χ4n) is 2.28. The molecule has 0 amide bonds. The van der Waals surface area contributed by atoms with Crippen molar-refractivity contribution in [2.45, 2.75) is 37.6 Å². The van der Waals surface area contributed by atoms with Gasteiger partial charge in [-0.2, -0.15) is 0 Å². The average Bonchev–Trinajstić information content (AvgIpc) is 2.55. The molecule has 24 heavy (non-hydrogen) atoms. The molecule has 5 N–H and O–H groups in total. The lowest BCUT2D eigenvalue weighted by molar-refractivity contribution is -0.277. The quantitative estimate of drug-likeness (QED) is 0.413. The van der Waals surface area contributed by atoms with Crippen LogP contribution in [0.5, 0.6) is 11.5 Å². The molecular weight excluding hydrogens is 324 g/mol. The van der Waals surface area contributed by atoms with Crippen molar-refractivity contribution in [2.75, 3.05) is 13.2 Å². The number of ether oxygens (including phenoxy) is 3. The van der Waals surface area contributed by atoms with Gasteiger partial charge in [-0.3, -0.25) is 0 Å². The van der Waals surface area contributed by atoms with Gasteiger partial charge < -0.3 is 39.7 Å². The number of phenols is 1. The Balaban J connectivity index is 2.26. The van der Waals surface area contributed by atoms with Crippen molar-refractivity contribution in [3.8, 4) is 11.5 Å². The minimum Gasteiger partial charge on any atom is -0.508 e. The van der Waals surface area contributed by atoms with Crippen LogP contribution < -0.4 is 4.74 Å². The molecular formula is C15H20O9. The Bertz CT molecular complexity index is 574. The molecule has 0 aromatic heterocycles. The van der Waals surface area contributed by atoms with E-state index in [-0.39, 0.29) is 23.7 Å². The summed E-state index contributed by atoms with van der Waals surface area (Å²) in [5.41, 5.74) is -0.0217. The fraction of sp³-hybridized carbons (Fsp3) is 0.533. The molecule has 1 aliphatic rings. The molecule has 1 fully saturated rings. The highest BCUT2D eigenvalue weighted by Crippen LogP contribution is 2.29. The second kappa shape index (κ2) is 7.77. The predicted molar refractivity (Wildman–Crippen MR) is 78.5 cm³/mol. The summed E-state index contributed by atoms with van der Waals surface area (Å²) >= 11 is 0. The third kappa shape index (κ3) is 3.77. The lowest BCUT2D eigenvalue weighted by Gasteiger charge is -2.39. The lowest BCUT2D eigenvalue weighted by atomic mass is 9.99. The Labute approximate surface area is 137 Å². The first-order valence-corrected chi connectivity index (χ1v) is 7.36. The molecule has 1 saturated heterocycles. The van der Waals surface area contributed by atoms with Gasteiger partial charge in [-0.25, -0.2) is 4.79 Å². The number of hydrogen-bond donors (Lipinski definition) is 5. The topological polar surface area (TPSA) is 146 Å². The summed E-state index contributed by atoms with van der Waals surface area (Å²) in [4.78, 5) is 11.9. The summed E-state index contributed by atoms with van der Waals surface area (Å²) in [6.45, 7) is 1.13. The third-order valence-electron chi connectivity index (χ3n) is 3.55. The Morgan fingerprint density at radius 1 is 1.21 bits per heavy atom.